The molecule has 4 nitrogen and oxygen atoms in total. The topological polar surface area (TPSA) is 56.0 Å². The number of carbonyl (C=O) groups is 1. The molecule has 18 heavy (non-hydrogen) atoms. The smallest absolute Gasteiger partial charge is 0.286 e. The second-order valence-corrected chi connectivity index (χ2v) is 3.92. The summed E-state index contributed by atoms with van der Waals surface area (Å²) in [6, 6.07) is 8.19. The van der Waals surface area contributed by atoms with Gasteiger partial charge in [-0.25, -0.2) is 4.39 Å². The van der Waals surface area contributed by atoms with Gasteiger partial charge in [-0.2, -0.15) is 4.73 Å². The maximum atomic E-state index is 12.9. The van der Waals surface area contributed by atoms with Crippen LogP contribution in [0, 0.1) is 11.0 Å². The van der Waals surface area contributed by atoms with E-state index in [1.807, 2.05) is 0 Å². The Morgan fingerprint density at radius 2 is 2.11 bits per heavy atom. The second kappa shape index (κ2) is 5.01. The normalized spacial score (nSPS) is 10.1. The Balaban J connectivity index is 2.19. The van der Waals surface area contributed by atoms with Gasteiger partial charge in [0.05, 0.1) is 0 Å². The highest BCUT2D eigenvalue weighted by molar-refractivity contribution is 6.28. The number of hydrogen-bond acceptors (Lipinski definition) is 2. The van der Waals surface area contributed by atoms with E-state index in [0.29, 0.717) is 10.4 Å². The molecule has 0 bridgehead atoms. The number of rotatable bonds is 2. The van der Waals surface area contributed by atoms with Crippen LogP contribution in [0.3, 0.4) is 0 Å². The van der Waals surface area contributed by atoms with Gasteiger partial charge in [-0.1, -0.05) is 6.07 Å². The molecule has 0 aliphatic heterocycles. The van der Waals surface area contributed by atoms with Gasteiger partial charge >= 0.3 is 0 Å². The van der Waals surface area contributed by atoms with E-state index in [1.54, 1.807) is 6.07 Å². The molecule has 0 fully saturated rings. The lowest BCUT2D eigenvalue weighted by Crippen LogP contribution is -2.29. The van der Waals surface area contributed by atoms with E-state index in [9.17, 15) is 14.4 Å². The fourth-order valence-electron chi connectivity index (χ4n) is 1.37. The number of benzene rings is 1. The summed E-state index contributed by atoms with van der Waals surface area (Å²) in [4.78, 5) is 11.8. The SMILES string of the molecule is O=C(Nc1cccc(F)c1)c1ccc(Cl)[n+]([O-])c1. The van der Waals surface area contributed by atoms with Crippen molar-refractivity contribution in [2.45, 2.75) is 0 Å². The molecule has 0 aliphatic carbocycles. The van der Waals surface area contributed by atoms with Crippen LogP contribution in [0.5, 0.6) is 0 Å². The average molecular weight is 267 g/mol. The lowest BCUT2D eigenvalue weighted by Gasteiger charge is -2.05. The maximum absolute atomic E-state index is 12.9. The number of pyridine rings is 1. The number of aromatic nitrogens is 1. The van der Waals surface area contributed by atoms with Crippen molar-refractivity contribution in [3.63, 3.8) is 0 Å². The standard InChI is InChI=1S/C12H8ClFN2O2/c13-11-5-4-8(7-16(11)18)12(17)15-10-3-1-2-9(14)6-10/h1-7H,(H,15,17). The first-order chi connectivity index (χ1) is 8.56. The van der Waals surface area contributed by atoms with E-state index in [-0.39, 0.29) is 10.7 Å². The quantitative estimate of drug-likeness (QED) is 0.515. The first-order valence-corrected chi connectivity index (χ1v) is 5.40. The zero-order valence-corrected chi connectivity index (χ0v) is 9.82. The molecular weight excluding hydrogens is 259 g/mol. The third-order valence-corrected chi connectivity index (χ3v) is 2.50. The van der Waals surface area contributed by atoms with E-state index in [0.717, 1.165) is 6.20 Å². The summed E-state index contributed by atoms with van der Waals surface area (Å²) >= 11 is 5.54. The number of nitrogens with one attached hydrogen (secondary N) is 1. The van der Waals surface area contributed by atoms with Crippen molar-refractivity contribution in [3.05, 3.63) is 64.3 Å². The molecule has 1 aromatic heterocycles. The summed E-state index contributed by atoms with van der Waals surface area (Å²) in [5, 5.41) is 13.6. The number of amides is 1. The van der Waals surface area contributed by atoms with Gasteiger partial charge in [0.2, 0.25) is 0 Å². The van der Waals surface area contributed by atoms with Crippen LogP contribution in [0.15, 0.2) is 42.6 Å². The predicted molar refractivity (Wildman–Crippen MR) is 64.8 cm³/mol. The molecule has 6 heteroatoms. The van der Waals surface area contributed by atoms with Gasteiger partial charge in [-0.05, 0) is 35.9 Å². The van der Waals surface area contributed by atoms with Crippen molar-refractivity contribution in [1.29, 1.82) is 0 Å². The largest absolute Gasteiger partial charge is 0.618 e. The molecule has 0 radical (unpaired) electrons. The van der Waals surface area contributed by atoms with Crippen molar-refractivity contribution in [1.82, 2.24) is 0 Å². The van der Waals surface area contributed by atoms with Gasteiger partial charge in [0.15, 0.2) is 6.20 Å². The van der Waals surface area contributed by atoms with Crippen LogP contribution in [0.1, 0.15) is 10.4 Å². The fraction of sp³-hybridized carbons (Fsp3) is 0. The van der Waals surface area contributed by atoms with E-state index in [1.165, 1.54) is 30.3 Å². The number of nitrogens with zero attached hydrogens (tertiary/aromatic N) is 1. The molecule has 0 atom stereocenters. The van der Waals surface area contributed by atoms with Crippen molar-refractivity contribution in [3.8, 4) is 0 Å². The van der Waals surface area contributed by atoms with E-state index in [4.69, 9.17) is 11.6 Å². The van der Waals surface area contributed by atoms with Crippen LogP contribution in [-0.4, -0.2) is 5.91 Å². The highest BCUT2D eigenvalue weighted by atomic mass is 35.5. The van der Waals surface area contributed by atoms with Crippen LogP contribution in [0.4, 0.5) is 10.1 Å². The summed E-state index contributed by atoms with van der Waals surface area (Å²) in [5.41, 5.74) is 0.450. The molecule has 0 saturated carbocycles. The van der Waals surface area contributed by atoms with Crippen LogP contribution < -0.4 is 10.0 Å². The summed E-state index contributed by atoms with van der Waals surface area (Å²) in [6.45, 7) is 0. The lowest BCUT2D eigenvalue weighted by atomic mass is 10.2. The second-order valence-electron chi connectivity index (χ2n) is 3.53. The monoisotopic (exact) mass is 266 g/mol. The Labute approximate surface area is 107 Å². The molecule has 92 valence electrons. The van der Waals surface area contributed by atoms with Gasteiger partial charge in [0, 0.05) is 11.8 Å². The lowest BCUT2D eigenvalue weighted by molar-refractivity contribution is -0.603. The molecule has 0 saturated heterocycles. The summed E-state index contributed by atoms with van der Waals surface area (Å²) < 4.78 is 13.3. The number of halogens is 2. The highest BCUT2D eigenvalue weighted by Crippen LogP contribution is 2.11. The van der Waals surface area contributed by atoms with Crippen molar-refractivity contribution in [2.75, 3.05) is 5.32 Å². The Bertz CT molecular complexity index is 604. The third-order valence-electron chi connectivity index (χ3n) is 2.21. The highest BCUT2D eigenvalue weighted by Gasteiger charge is 2.11. The maximum Gasteiger partial charge on any atom is 0.286 e. The van der Waals surface area contributed by atoms with Gasteiger partial charge in [-0.15, -0.1) is 0 Å². The van der Waals surface area contributed by atoms with E-state index < -0.39 is 11.7 Å². The zero-order chi connectivity index (χ0) is 13.1. The van der Waals surface area contributed by atoms with Gasteiger partial charge in [0.25, 0.3) is 11.1 Å². The number of hydrogen-bond donors (Lipinski definition) is 1. The molecule has 2 rings (SSSR count). The van der Waals surface area contributed by atoms with Crippen molar-refractivity contribution < 1.29 is 13.9 Å². The molecule has 0 unspecified atom stereocenters. The predicted octanol–water partition coefficient (Wildman–Crippen LogP) is 2.36. The van der Waals surface area contributed by atoms with Gasteiger partial charge in [0.1, 0.15) is 11.4 Å². The molecule has 2 aromatic rings. The Kier molecular flexibility index (Phi) is 3.43. The number of anilines is 1. The molecule has 0 spiro atoms. The first-order valence-electron chi connectivity index (χ1n) is 5.02. The van der Waals surface area contributed by atoms with Crippen LogP contribution in [-0.2, 0) is 0 Å². The minimum atomic E-state index is -0.512. The fourth-order valence-corrected chi connectivity index (χ4v) is 1.48. The van der Waals surface area contributed by atoms with E-state index in [2.05, 4.69) is 5.32 Å². The summed E-state index contributed by atoms with van der Waals surface area (Å²) in [6.07, 6.45) is 1.05. The van der Waals surface area contributed by atoms with Gasteiger partial charge in [-0.3, -0.25) is 4.79 Å². The molecule has 1 N–H and O–H groups in total. The Hall–Kier alpha value is -2.14. The van der Waals surface area contributed by atoms with Crippen LogP contribution >= 0.6 is 11.6 Å². The van der Waals surface area contributed by atoms with Crippen LogP contribution in [0.2, 0.25) is 5.15 Å². The number of carbonyl (C=O) groups excluding carboxylic acids is 1. The first kappa shape index (κ1) is 12.3. The third kappa shape index (κ3) is 2.75. The van der Waals surface area contributed by atoms with Crippen LogP contribution in [0.25, 0.3) is 0 Å². The minimum Gasteiger partial charge on any atom is -0.618 e. The van der Waals surface area contributed by atoms with Gasteiger partial charge < -0.3 is 10.5 Å². The summed E-state index contributed by atoms with van der Waals surface area (Å²) in [7, 11) is 0. The minimum absolute atomic E-state index is 0.0303. The zero-order valence-electron chi connectivity index (χ0n) is 9.06. The van der Waals surface area contributed by atoms with E-state index >= 15 is 0 Å². The average Bonchev–Trinajstić information content (AvgIpc) is 2.32. The molecular formula is C12H8ClFN2O2. The molecule has 1 aromatic carbocycles. The Morgan fingerprint density at radius 3 is 2.78 bits per heavy atom. The molecule has 1 heterocycles. The molecule has 0 aliphatic rings. The molecule has 1 amide bonds. The van der Waals surface area contributed by atoms with Crippen molar-refractivity contribution >= 4 is 23.2 Å². The summed E-state index contributed by atoms with van der Waals surface area (Å²) in [5.74, 6) is -0.968. The Morgan fingerprint density at radius 1 is 1.33 bits per heavy atom. The van der Waals surface area contributed by atoms with Crippen molar-refractivity contribution in [2.24, 2.45) is 0 Å².